The van der Waals surface area contributed by atoms with Crippen molar-refractivity contribution in [1.82, 2.24) is 14.7 Å². The minimum atomic E-state index is 0.717. The molecule has 0 aromatic carbocycles. The van der Waals surface area contributed by atoms with Gasteiger partial charge in [-0.2, -0.15) is 0 Å². The van der Waals surface area contributed by atoms with Crippen LogP contribution in [0.15, 0.2) is 24.5 Å². The molecule has 3 heterocycles. The van der Waals surface area contributed by atoms with Crippen LogP contribution in [0.2, 0.25) is 0 Å². The molecular formula is C14H19N3O. The fourth-order valence-corrected chi connectivity index (χ4v) is 2.69. The van der Waals surface area contributed by atoms with Crippen molar-refractivity contribution in [3.63, 3.8) is 0 Å². The van der Waals surface area contributed by atoms with E-state index in [0.29, 0.717) is 0 Å². The number of methoxy groups -OCH3 is 1. The highest BCUT2D eigenvalue weighted by molar-refractivity contribution is 5.54. The van der Waals surface area contributed by atoms with Crippen LogP contribution in [0.3, 0.4) is 0 Å². The maximum absolute atomic E-state index is 5.34. The van der Waals surface area contributed by atoms with E-state index in [2.05, 4.69) is 16.5 Å². The van der Waals surface area contributed by atoms with Gasteiger partial charge in [0.05, 0.1) is 12.8 Å². The number of imidazole rings is 1. The van der Waals surface area contributed by atoms with Gasteiger partial charge in [0.25, 0.3) is 0 Å². The third-order valence-corrected chi connectivity index (χ3v) is 3.61. The summed E-state index contributed by atoms with van der Waals surface area (Å²) in [6, 6.07) is 3.94. The van der Waals surface area contributed by atoms with E-state index in [0.717, 1.165) is 42.5 Å². The lowest BCUT2D eigenvalue weighted by atomic mass is 9.95. The number of hydrogen-bond donors (Lipinski definition) is 1. The molecule has 1 saturated heterocycles. The smallest absolute Gasteiger partial charge is 0.179 e. The van der Waals surface area contributed by atoms with Crippen LogP contribution < -0.4 is 10.1 Å². The van der Waals surface area contributed by atoms with Gasteiger partial charge in [-0.15, -0.1) is 0 Å². The van der Waals surface area contributed by atoms with Crippen molar-refractivity contribution in [1.29, 1.82) is 0 Å². The van der Waals surface area contributed by atoms with Gasteiger partial charge < -0.3 is 14.5 Å². The Morgan fingerprint density at radius 1 is 1.56 bits per heavy atom. The third-order valence-electron chi connectivity index (χ3n) is 3.61. The van der Waals surface area contributed by atoms with Crippen LogP contribution in [0.25, 0.3) is 5.65 Å². The van der Waals surface area contributed by atoms with E-state index in [-0.39, 0.29) is 0 Å². The lowest BCUT2D eigenvalue weighted by Crippen LogP contribution is -2.30. The molecule has 1 N–H and O–H groups in total. The number of piperidine rings is 1. The zero-order valence-electron chi connectivity index (χ0n) is 10.7. The number of fused-ring (bicyclic) bond motifs is 1. The largest absolute Gasteiger partial charge is 0.493 e. The number of rotatable bonds is 3. The summed E-state index contributed by atoms with van der Waals surface area (Å²) in [7, 11) is 1.69. The molecule has 4 nitrogen and oxygen atoms in total. The number of aromatic nitrogens is 2. The average Bonchev–Trinajstić information content (AvgIpc) is 2.82. The topological polar surface area (TPSA) is 38.6 Å². The molecule has 0 bridgehead atoms. The molecule has 96 valence electrons. The van der Waals surface area contributed by atoms with Crippen LogP contribution in [0.4, 0.5) is 0 Å². The predicted molar refractivity (Wildman–Crippen MR) is 71.0 cm³/mol. The van der Waals surface area contributed by atoms with E-state index < -0.39 is 0 Å². The molecule has 3 rings (SSSR count). The van der Waals surface area contributed by atoms with Gasteiger partial charge in [0, 0.05) is 12.4 Å². The minimum Gasteiger partial charge on any atom is -0.493 e. The van der Waals surface area contributed by atoms with Gasteiger partial charge in [0.15, 0.2) is 11.4 Å². The first-order valence-electron chi connectivity index (χ1n) is 6.58. The highest BCUT2D eigenvalue weighted by Crippen LogP contribution is 2.21. The molecule has 0 saturated carbocycles. The van der Waals surface area contributed by atoms with E-state index >= 15 is 0 Å². The molecule has 4 heteroatoms. The lowest BCUT2D eigenvalue weighted by molar-refractivity contribution is 0.374. The molecule has 1 aliphatic rings. The van der Waals surface area contributed by atoms with E-state index in [1.165, 1.54) is 12.8 Å². The van der Waals surface area contributed by atoms with E-state index in [9.17, 15) is 0 Å². The zero-order valence-corrected chi connectivity index (χ0v) is 10.7. The van der Waals surface area contributed by atoms with Crippen molar-refractivity contribution in [2.45, 2.75) is 19.3 Å². The van der Waals surface area contributed by atoms with Crippen molar-refractivity contribution < 1.29 is 4.74 Å². The van der Waals surface area contributed by atoms with Gasteiger partial charge in [-0.1, -0.05) is 0 Å². The summed E-state index contributed by atoms with van der Waals surface area (Å²) in [5, 5.41) is 3.45. The number of nitrogens with zero attached hydrogens (tertiary/aromatic N) is 2. The summed E-state index contributed by atoms with van der Waals surface area (Å²) in [4.78, 5) is 4.69. The molecule has 0 radical (unpaired) electrons. The molecule has 1 unspecified atom stereocenters. The number of nitrogens with one attached hydrogen (secondary N) is 1. The second kappa shape index (κ2) is 4.98. The first kappa shape index (κ1) is 11.5. The highest BCUT2D eigenvalue weighted by atomic mass is 16.5. The Morgan fingerprint density at radius 2 is 2.50 bits per heavy atom. The molecule has 2 aromatic rings. The molecule has 2 aromatic heterocycles. The SMILES string of the molecule is COc1cccn2cc(CC3CCCNC3)nc12. The molecular weight excluding hydrogens is 226 g/mol. The molecule has 1 atom stereocenters. The summed E-state index contributed by atoms with van der Waals surface area (Å²) >= 11 is 0. The van der Waals surface area contributed by atoms with Crippen LogP contribution in [0.5, 0.6) is 5.75 Å². The summed E-state index contributed by atoms with van der Waals surface area (Å²) in [5.74, 6) is 1.56. The highest BCUT2D eigenvalue weighted by Gasteiger charge is 2.15. The Morgan fingerprint density at radius 3 is 3.28 bits per heavy atom. The minimum absolute atomic E-state index is 0.717. The fourth-order valence-electron chi connectivity index (χ4n) is 2.69. The quantitative estimate of drug-likeness (QED) is 0.897. The van der Waals surface area contributed by atoms with Gasteiger partial charge in [0.2, 0.25) is 0 Å². The number of pyridine rings is 1. The van der Waals surface area contributed by atoms with Gasteiger partial charge in [-0.3, -0.25) is 0 Å². The van der Waals surface area contributed by atoms with Crippen LogP contribution in [0, 0.1) is 5.92 Å². The van der Waals surface area contributed by atoms with Crippen molar-refractivity contribution in [3.8, 4) is 5.75 Å². The standard InChI is InChI=1S/C14H19N3O/c1-18-13-5-3-7-17-10-12(16-14(13)17)8-11-4-2-6-15-9-11/h3,5,7,10-11,15H,2,4,6,8-9H2,1H3. The van der Waals surface area contributed by atoms with Crippen LogP contribution in [0.1, 0.15) is 18.5 Å². The predicted octanol–water partition coefficient (Wildman–Crippen LogP) is 1.88. The van der Waals surface area contributed by atoms with Crippen molar-refractivity contribution in [2.24, 2.45) is 5.92 Å². The van der Waals surface area contributed by atoms with Gasteiger partial charge >= 0.3 is 0 Å². The van der Waals surface area contributed by atoms with Crippen molar-refractivity contribution >= 4 is 5.65 Å². The molecule has 0 amide bonds. The zero-order chi connectivity index (χ0) is 12.4. The van der Waals surface area contributed by atoms with Crippen LogP contribution in [-0.2, 0) is 6.42 Å². The Labute approximate surface area is 107 Å². The summed E-state index contributed by atoms with van der Waals surface area (Å²) in [6.07, 6.45) is 7.77. The summed E-state index contributed by atoms with van der Waals surface area (Å²) < 4.78 is 7.38. The Kier molecular flexibility index (Phi) is 3.19. The first-order valence-corrected chi connectivity index (χ1v) is 6.58. The average molecular weight is 245 g/mol. The summed E-state index contributed by atoms with van der Waals surface area (Å²) in [6.45, 7) is 2.28. The molecule has 0 spiro atoms. The Balaban J connectivity index is 1.84. The van der Waals surface area contributed by atoms with Crippen molar-refractivity contribution in [3.05, 3.63) is 30.2 Å². The Hall–Kier alpha value is -1.55. The Bertz CT molecular complexity index is 529. The van der Waals surface area contributed by atoms with Crippen LogP contribution in [-0.4, -0.2) is 29.6 Å². The molecule has 1 aliphatic heterocycles. The molecule has 1 fully saturated rings. The van der Waals surface area contributed by atoms with E-state index in [1.54, 1.807) is 7.11 Å². The normalized spacial score (nSPS) is 20.2. The maximum Gasteiger partial charge on any atom is 0.179 e. The third kappa shape index (κ3) is 2.20. The first-order chi connectivity index (χ1) is 8.86. The van der Waals surface area contributed by atoms with E-state index in [4.69, 9.17) is 4.74 Å². The molecule has 18 heavy (non-hydrogen) atoms. The van der Waals surface area contributed by atoms with Gasteiger partial charge in [0.1, 0.15) is 0 Å². The second-order valence-electron chi connectivity index (χ2n) is 4.96. The van der Waals surface area contributed by atoms with Gasteiger partial charge in [-0.25, -0.2) is 4.98 Å². The monoisotopic (exact) mass is 245 g/mol. The van der Waals surface area contributed by atoms with Gasteiger partial charge in [-0.05, 0) is 50.4 Å². The lowest BCUT2D eigenvalue weighted by Gasteiger charge is -2.21. The maximum atomic E-state index is 5.34. The van der Waals surface area contributed by atoms with Crippen LogP contribution >= 0.6 is 0 Å². The fraction of sp³-hybridized carbons (Fsp3) is 0.500. The van der Waals surface area contributed by atoms with Crippen molar-refractivity contribution in [2.75, 3.05) is 20.2 Å². The van der Waals surface area contributed by atoms with E-state index in [1.807, 2.05) is 22.7 Å². The number of ether oxygens (including phenoxy) is 1. The molecule has 0 aliphatic carbocycles. The summed E-state index contributed by atoms with van der Waals surface area (Å²) in [5.41, 5.74) is 2.08. The number of hydrogen-bond acceptors (Lipinski definition) is 3. The second-order valence-corrected chi connectivity index (χ2v) is 4.96.